The second kappa shape index (κ2) is 8.27. The van der Waals surface area contributed by atoms with Gasteiger partial charge in [0.25, 0.3) is 5.91 Å². The van der Waals surface area contributed by atoms with Crippen molar-refractivity contribution in [3.8, 4) is 22.9 Å². The first kappa shape index (κ1) is 18.3. The fourth-order valence-electron chi connectivity index (χ4n) is 2.59. The van der Waals surface area contributed by atoms with Crippen molar-refractivity contribution in [2.45, 2.75) is 6.54 Å². The molecule has 3 aromatic rings. The molecular formula is C20H21N3O4. The van der Waals surface area contributed by atoms with Crippen molar-refractivity contribution in [3.05, 3.63) is 66.0 Å². The minimum atomic E-state index is -0.259. The molecule has 1 aromatic heterocycles. The summed E-state index contributed by atoms with van der Waals surface area (Å²) >= 11 is 0. The summed E-state index contributed by atoms with van der Waals surface area (Å²) in [5.74, 6) is 1.59. The average Bonchev–Trinajstić information content (AvgIpc) is 3.20. The molecule has 0 aliphatic rings. The molecule has 140 valence electrons. The van der Waals surface area contributed by atoms with Crippen molar-refractivity contribution < 1.29 is 19.0 Å². The second-order valence-corrected chi connectivity index (χ2v) is 5.70. The highest BCUT2D eigenvalue weighted by molar-refractivity contribution is 5.97. The van der Waals surface area contributed by atoms with E-state index in [2.05, 4.69) is 10.4 Å². The number of rotatable bonds is 7. The lowest BCUT2D eigenvalue weighted by Crippen LogP contribution is -2.23. The maximum absolute atomic E-state index is 12.5. The molecule has 27 heavy (non-hydrogen) atoms. The number of hydrogen-bond donors (Lipinski definition) is 1. The van der Waals surface area contributed by atoms with Gasteiger partial charge in [0.05, 0.1) is 44.8 Å². The Morgan fingerprint density at radius 1 is 0.963 bits per heavy atom. The Bertz CT molecular complexity index is 919. The predicted molar refractivity (Wildman–Crippen MR) is 101 cm³/mol. The predicted octanol–water partition coefficient (Wildman–Crippen LogP) is 2.83. The van der Waals surface area contributed by atoms with Crippen LogP contribution in [0.4, 0.5) is 0 Å². The highest BCUT2D eigenvalue weighted by atomic mass is 16.5. The van der Waals surface area contributed by atoms with Crippen LogP contribution >= 0.6 is 0 Å². The van der Waals surface area contributed by atoms with Gasteiger partial charge >= 0.3 is 0 Å². The van der Waals surface area contributed by atoms with E-state index in [-0.39, 0.29) is 5.91 Å². The second-order valence-electron chi connectivity index (χ2n) is 5.70. The van der Waals surface area contributed by atoms with Crippen molar-refractivity contribution in [1.82, 2.24) is 15.1 Å². The third-order valence-corrected chi connectivity index (χ3v) is 4.06. The molecule has 3 rings (SSSR count). The molecule has 1 N–H and O–H groups in total. The van der Waals surface area contributed by atoms with Crippen molar-refractivity contribution >= 4 is 5.91 Å². The minimum absolute atomic E-state index is 0.259. The van der Waals surface area contributed by atoms with Gasteiger partial charge in [0, 0.05) is 6.20 Å². The number of nitrogens with zero attached hydrogens (tertiary/aromatic N) is 2. The molecular weight excluding hydrogens is 346 g/mol. The summed E-state index contributed by atoms with van der Waals surface area (Å²) in [6, 6.07) is 14.5. The molecule has 0 aliphatic carbocycles. The van der Waals surface area contributed by atoms with Gasteiger partial charge in [-0.3, -0.25) is 4.79 Å². The number of hydrogen-bond acceptors (Lipinski definition) is 5. The van der Waals surface area contributed by atoms with Gasteiger partial charge in [0.1, 0.15) is 17.2 Å². The van der Waals surface area contributed by atoms with Crippen LogP contribution in [0, 0.1) is 0 Å². The van der Waals surface area contributed by atoms with Crippen LogP contribution in [0.3, 0.4) is 0 Å². The number of ether oxygens (including phenoxy) is 3. The van der Waals surface area contributed by atoms with Crippen LogP contribution in [-0.2, 0) is 6.54 Å². The van der Waals surface area contributed by atoms with Crippen LogP contribution in [0.5, 0.6) is 17.2 Å². The monoisotopic (exact) mass is 367 g/mol. The summed E-state index contributed by atoms with van der Waals surface area (Å²) in [7, 11) is 4.70. The zero-order chi connectivity index (χ0) is 19.2. The molecule has 0 bridgehead atoms. The van der Waals surface area contributed by atoms with Gasteiger partial charge in [0.15, 0.2) is 0 Å². The van der Waals surface area contributed by atoms with Crippen molar-refractivity contribution in [2.24, 2.45) is 0 Å². The number of benzene rings is 2. The van der Waals surface area contributed by atoms with Gasteiger partial charge in [-0.2, -0.15) is 5.10 Å². The Labute approximate surface area is 157 Å². The molecule has 0 saturated heterocycles. The number of nitrogens with one attached hydrogen (secondary N) is 1. The van der Waals surface area contributed by atoms with Crippen LogP contribution in [0.1, 0.15) is 16.1 Å². The van der Waals surface area contributed by atoms with E-state index in [1.165, 1.54) is 7.11 Å². The summed E-state index contributed by atoms with van der Waals surface area (Å²) in [4.78, 5) is 12.5. The molecule has 2 aromatic carbocycles. The van der Waals surface area contributed by atoms with E-state index in [1.54, 1.807) is 37.1 Å². The molecule has 0 unspecified atom stereocenters. The maximum atomic E-state index is 12.5. The van der Waals surface area contributed by atoms with E-state index in [0.29, 0.717) is 23.6 Å². The molecule has 0 atom stereocenters. The quantitative estimate of drug-likeness (QED) is 0.695. The fourth-order valence-corrected chi connectivity index (χ4v) is 2.59. The Morgan fingerprint density at radius 2 is 1.67 bits per heavy atom. The summed E-state index contributed by atoms with van der Waals surface area (Å²) in [6.07, 6.45) is 1.84. The number of methoxy groups -OCH3 is 3. The van der Waals surface area contributed by atoms with E-state index in [4.69, 9.17) is 14.2 Å². The standard InChI is InChI=1S/C20H21N3O4/c1-25-16-6-4-15(5-7-16)23-11-10-14(22-23)13-21-20(24)18-12-17(26-2)8-9-19(18)27-3/h4-12H,13H2,1-3H3,(H,21,24). The van der Waals surface area contributed by atoms with Crippen LogP contribution < -0.4 is 19.5 Å². The number of amides is 1. The van der Waals surface area contributed by atoms with Gasteiger partial charge in [-0.15, -0.1) is 0 Å². The first-order chi connectivity index (χ1) is 13.1. The number of carbonyl (C=O) groups is 1. The SMILES string of the molecule is COc1ccc(-n2ccc(CNC(=O)c3cc(OC)ccc3OC)n2)cc1. The van der Waals surface area contributed by atoms with Crippen LogP contribution in [-0.4, -0.2) is 37.0 Å². The fraction of sp³-hybridized carbons (Fsp3) is 0.200. The first-order valence-electron chi connectivity index (χ1n) is 8.34. The molecule has 0 aliphatic heterocycles. The normalized spacial score (nSPS) is 10.3. The van der Waals surface area contributed by atoms with Crippen molar-refractivity contribution in [2.75, 3.05) is 21.3 Å². The Kier molecular flexibility index (Phi) is 5.61. The molecule has 0 radical (unpaired) electrons. The van der Waals surface area contributed by atoms with Gasteiger partial charge < -0.3 is 19.5 Å². The van der Waals surface area contributed by atoms with E-state index in [0.717, 1.165) is 17.1 Å². The third-order valence-electron chi connectivity index (χ3n) is 4.06. The van der Waals surface area contributed by atoms with Crippen molar-refractivity contribution in [1.29, 1.82) is 0 Å². The number of aromatic nitrogens is 2. The Morgan fingerprint density at radius 3 is 2.33 bits per heavy atom. The zero-order valence-electron chi connectivity index (χ0n) is 15.4. The van der Waals surface area contributed by atoms with Crippen LogP contribution in [0.25, 0.3) is 5.69 Å². The van der Waals surface area contributed by atoms with Gasteiger partial charge in [-0.05, 0) is 48.5 Å². The van der Waals surface area contributed by atoms with E-state index in [1.807, 2.05) is 36.5 Å². The average molecular weight is 367 g/mol. The van der Waals surface area contributed by atoms with Gasteiger partial charge in [0.2, 0.25) is 0 Å². The Balaban J connectivity index is 1.68. The van der Waals surface area contributed by atoms with E-state index in [9.17, 15) is 4.79 Å². The molecule has 1 amide bonds. The molecule has 7 heteroatoms. The smallest absolute Gasteiger partial charge is 0.255 e. The molecule has 0 fully saturated rings. The van der Waals surface area contributed by atoms with Crippen LogP contribution in [0.15, 0.2) is 54.7 Å². The molecule has 0 spiro atoms. The molecule has 1 heterocycles. The van der Waals surface area contributed by atoms with Gasteiger partial charge in [-0.25, -0.2) is 4.68 Å². The molecule has 7 nitrogen and oxygen atoms in total. The highest BCUT2D eigenvalue weighted by Crippen LogP contribution is 2.24. The summed E-state index contributed by atoms with van der Waals surface area (Å²) < 4.78 is 17.3. The molecule has 0 saturated carbocycles. The largest absolute Gasteiger partial charge is 0.497 e. The van der Waals surface area contributed by atoms with Crippen LogP contribution in [0.2, 0.25) is 0 Å². The zero-order valence-corrected chi connectivity index (χ0v) is 15.4. The lowest BCUT2D eigenvalue weighted by Gasteiger charge is -2.10. The van der Waals surface area contributed by atoms with Gasteiger partial charge in [-0.1, -0.05) is 0 Å². The summed E-state index contributed by atoms with van der Waals surface area (Å²) in [5.41, 5.74) is 2.05. The lowest BCUT2D eigenvalue weighted by atomic mass is 10.1. The Hall–Kier alpha value is -3.48. The first-order valence-corrected chi connectivity index (χ1v) is 8.34. The summed E-state index contributed by atoms with van der Waals surface area (Å²) in [6.45, 7) is 0.294. The number of carbonyl (C=O) groups excluding carboxylic acids is 1. The maximum Gasteiger partial charge on any atom is 0.255 e. The lowest BCUT2D eigenvalue weighted by molar-refractivity contribution is 0.0947. The topological polar surface area (TPSA) is 74.6 Å². The highest BCUT2D eigenvalue weighted by Gasteiger charge is 2.14. The minimum Gasteiger partial charge on any atom is -0.497 e. The van der Waals surface area contributed by atoms with Crippen molar-refractivity contribution in [3.63, 3.8) is 0 Å². The van der Waals surface area contributed by atoms with E-state index >= 15 is 0 Å². The van der Waals surface area contributed by atoms with E-state index < -0.39 is 0 Å². The summed E-state index contributed by atoms with van der Waals surface area (Å²) in [5, 5.41) is 7.34. The third kappa shape index (κ3) is 4.20.